The topological polar surface area (TPSA) is 47.4 Å². The number of rotatable bonds is 6. The summed E-state index contributed by atoms with van der Waals surface area (Å²) in [5.74, 6) is 3.13. The molecule has 1 aromatic heterocycles. The first kappa shape index (κ1) is 17.1. The molecule has 1 aliphatic carbocycles. The van der Waals surface area contributed by atoms with Crippen LogP contribution in [-0.4, -0.2) is 40.1 Å². The summed E-state index contributed by atoms with van der Waals surface area (Å²) in [5, 5.41) is 0. The Morgan fingerprint density at radius 3 is 3.00 bits per heavy atom. The Balaban J connectivity index is 1.35. The number of amides is 1. The minimum atomic E-state index is 0.0662. The number of piperidine rings is 1. The van der Waals surface area contributed by atoms with Crippen LogP contribution in [-0.2, 0) is 11.3 Å². The van der Waals surface area contributed by atoms with Gasteiger partial charge in [-0.3, -0.25) is 4.79 Å². The molecule has 2 fully saturated rings. The third-order valence-electron chi connectivity index (χ3n) is 5.39. The highest BCUT2D eigenvalue weighted by atomic mass is 16.5. The molecule has 2 aromatic rings. The van der Waals surface area contributed by atoms with E-state index in [0.29, 0.717) is 5.92 Å². The Morgan fingerprint density at radius 2 is 2.19 bits per heavy atom. The molecular formula is C21H27N3O2. The maximum absolute atomic E-state index is 12.6. The van der Waals surface area contributed by atoms with E-state index in [2.05, 4.69) is 15.7 Å². The smallest absolute Gasteiger partial charge is 0.260 e. The van der Waals surface area contributed by atoms with Gasteiger partial charge in [0.05, 0.1) is 0 Å². The van der Waals surface area contributed by atoms with Gasteiger partial charge in [0.25, 0.3) is 5.91 Å². The van der Waals surface area contributed by atoms with E-state index >= 15 is 0 Å². The quantitative estimate of drug-likeness (QED) is 0.800. The second-order valence-electron chi connectivity index (χ2n) is 7.67. The molecule has 1 atom stereocenters. The number of carbonyl (C=O) groups excluding carboxylic acids is 1. The average molecular weight is 353 g/mol. The van der Waals surface area contributed by atoms with Gasteiger partial charge in [-0.25, -0.2) is 4.98 Å². The van der Waals surface area contributed by atoms with Crippen LogP contribution in [0.4, 0.5) is 0 Å². The normalized spacial score (nSPS) is 20.2. The molecule has 0 N–H and O–H groups in total. The molecule has 138 valence electrons. The van der Waals surface area contributed by atoms with Crippen molar-refractivity contribution < 1.29 is 9.53 Å². The van der Waals surface area contributed by atoms with Crippen molar-refractivity contribution >= 4 is 5.91 Å². The zero-order valence-corrected chi connectivity index (χ0v) is 15.4. The number of aryl methyl sites for hydroxylation is 1. The van der Waals surface area contributed by atoms with Crippen molar-refractivity contribution in [3.8, 4) is 5.75 Å². The lowest BCUT2D eigenvalue weighted by Gasteiger charge is -2.32. The fraction of sp³-hybridized carbons (Fsp3) is 0.524. The third-order valence-corrected chi connectivity index (χ3v) is 5.39. The van der Waals surface area contributed by atoms with Gasteiger partial charge in [-0.15, -0.1) is 0 Å². The molecular weight excluding hydrogens is 326 g/mol. The molecule has 1 aromatic carbocycles. The van der Waals surface area contributed by atoms with E-state index in [-0.39, 0.29) is 12.5 Å². The van der Waals surface area contributed by atoms with Crippen LogP contribution < -0.4 is 4.74 Å². The fourth-order valence-electron chi connectivity index (χ4n) is 3.77. The van der Waals surface area contributed by atoms with Gasteiger partial charge in [-0.2, -0.15) is 0 Å². The molecule has 2 aliphatic rings. The molecule has 1 aliphatic heterocycles. The lowest BCUT2D eigenvalue weighted by molar-refractivity contribution is -0.134. The molecule has 5 nitrogen and oxygen atoms in total. The highest BCUT2D eigenvalue weighted by Gasteiger charge is 2.29. The molecule has 0 spiro atoms. The summed E-state index contributed by atoms with van der Waals surface area (Å²) >= 11 is 0. The van der Waals surface area contributed by atoms with Crippen LogP contribution in [0.2, 0.25) is 0 Å². The first-order chi connectivity index (χ1) is 12.7. The van der Waals surface area contributed by atoms with Gasteiger partial charge in [-0.1, -0.05) is 12.1 Å². The lowest BCUT2D eigenvalue weighted by atomic mass is 9.97. The third kappa shape index (κ3) is 4.09. The second kappa shape index (κ2) is 7.52. The van der Waals surface area contributed by atoms with Crippen molar-refractivity contribution in [2.45, 2.75) is 45.1 Å². The average Bonchev–Trinajstić information content (AvgIpc) is 3.35. The van der Waals surface area contributed by atoms with E-state index in [9.17, 15) is 4.79 Å². The zero-order valence-electron chi connectivity index (χ0n) is 15.4. The van der Waals surface area contributed by atoms with Crippen molar-refractivity contribution in [3.05, 3.63) is 48.0 Å². The molecule has 1 saturated carbocycles. The summed E-state index contributed by atoms with van der Waals surface area (Å²) in [4.78, 5) is 19.2. The van der Waals surface area contributed by atoms with Gasteiger partial charge in [0, 0.05) is 37.9 Å². The molecule has 2 heterocycles. The lowest BCUT2D eigenvalue weighted by Crippen LogP contribution is -2.42. The molecule has 4 rings (SSSR count). The SMILES string of the molecule is Cc1cccc(OCC(=O)N2CCC[C@H](c3nccn3CC3CC3)C2)c1. The number of benzene rings is 1. The van der Waals surface area contributed by atoms with E-state index in [1.54, 1.807) is 0 Å². The molecule has 0 radical (unpaired) electrons. The number of likely N-dealkylation sites (tertiary alicyclic amines) is 1. The van der Waals surface area contributed by atoms with E-state index < -0.39 is 0 Å². The van der Waals surface area contributed by atoms with Crippen LogP contribution in [0.1, 0.15) is 43.0 Å². The Hall–Kier alpha value is -2.30. The maximum atomic E-state index is 12.6. The Morgan fingerprint density at radius 1 is 1.31 bits per heavy atom. The summed E-state index contributed by atoms with van der Waals surface area (Å²) in [5.41, 5.74) is 1.13. The van der Waals surface area contributed by atoms with Crippen LogP contribution in [0.5, 0.6) is 5.75 Å². The number of carbonyl (C=O) groups is 1. The zero-order chi connectivity index (χ0) is 17.9. The Labute approximate surface area is 155 Å². The minimum absolute atomic E-state index is 0.0662. The van der Waals surface area contributed by atoms with Crippen molar-refractivity contribution in [1.82, 2.24) is 14.5 Å². The van der Waals surface area contributed by atoms with Crippen molar-refractivity contribution in [2.24, 2.45) is 5.92 Å². The molecule has 26 heavy (non-hydrogen) atoms. The summed E-state index contributed by atoms with van der Waals surface area (Å²) < 4.78 is 8.01. The Bertz CT molecular complexity index is 766. The van der Waals surface area contributed by atoms with Gasteiger partial charge in [0.1, 0.15) is 11.6 Å². The minimum Gasteiger partial charge on any atom is -0.484 e. The van der Waals surface area contributed by atoms with Crippen LogP contribution in [0.15, 0.2) is 36.7 Å². The predicted molar refractivity (Wildman–Crippen MR) is 100 cm³/mol. The number of ether oxygens (including phenoxy) is 1. The van der Waals surface area contributed by atoms with Crippen molar-refractivity contribution in [2.75, 3.05) is 19.7 Å². The second-order valence-corrected chi connectivity index (χ2v) is 7.67. The highest BCUT2D eigenvalue weighted by Crippen LogP contribution is 2.33. The van der Waals surface area contributed by atoms with Gasteiger partial charge in [-0.05, 0) is 56.2 Å². The number of imidazole rings is 1. The maximum Gasteiger partial charge on any atom is 0.260 e. The van der Waals surface area contributed by atoms with Crippen molar-refractivity contribution in [1.29, 1.82) is 0 Å². The largest absolute Gasteiger partial charge is 0.484 e. The van der Waals surface area contributed by atoms with Crippen LogP contribution in [0, 0.1) is 12.8 Å². The monoisotopic (exact) mass is 353 g/mol. The number of hydrogen-bond donors (Lipinski definition) is 0. The van der Waals surface area contributed by atoms with Gasteiger partial charge >= 0.3 is 0 Å². The van der Waals surface area contributed by atoms with E-state index in [1.807, 2.05) is 42.3 Å². The van der Waals surface area contributed by atoms with Crippen LogP contribution >= 0.6 is 0 Å². The van der Waals surface area contributed by atoms with Crippen LogP contribution in [0.25, 0.3) is 0 Å². The summed E-state index contributed by atoms with van der Waals surface area (Å²) in [6.45, 7) is 4.77. The summed E-state index contributed by atoms with van der Waals surface area (Å²) in [6.07, 6.45) is 8.79. The van der Waals surface area contributed by atoms with Gasteiger partial charge in [0.2, 0.25) is 0 Å². The van der Waals surface area contributed by atoms with E-state index in [4.69, 9.17) is 4.74 Å². The summed E-state index contributed by atoms with van der Waals surface area (Å²) in [7, 11) is 0. The first-order valence-corrected chi connectivity index (χ1v) is 9.67. The Kier molecular flexibility index (Phi) is 4.96. The number of hydrogen-bond acceptors (Lipinski definition) is 3. The predicted octanol–water partition coefficient (Wildman–Crippen LogP) is 3.39. The van der Waals surface area contributed by atoms with Gasteiger partial charge in [0.15, 0.2) is 6.61 Å². The molecule has 1 saturated heterocycles. The first-order valence-electron chi connectivity index (χ1n) is 9.67. The fourth-order valence-corrected chi connectivity index (χ4v) is 3.77. The molecule has 0 bridgehead atoms. The van der Waals surface area contributed by atoms with E-state index in [0.717, 1.165) is 55.5 Å². The highest BCUT2D eigenvalue weighted by molar-refractivity contribution is 5.78. The van der Waals surface area contributed by atoms with E-state index in [1.165, 1.54) is 12.8 Å². The standard InChI is InChI=1S/C21H27N3O2/c1-16-4-2-6-19(12-16)26-15-20(25)23-10-3-5-18(14-23)21-22-9-11-24(21)13-17-7-8-17/h2,4,6,9,11-12,17-18H,3,5,7-8,10,13-15H2,1H3/t18-/m0/s1. The molecule has 0 unspecified atom stereocenters. The van der Waals surface area contributed by atoms with Crippen molar-refractivity contribution in [3.63, 3.8) is 0 Å². The number of aromatic nitrogens is 2. The van der Waals surface area contributed by atoms with Gasteiger partial charge < -0.3 is 14.2 Å². The molecule has 1 amide bonds. The van der Waals surface area contributed by atoms with Crippen LogP contribution in [0.3, 0.4) is 0 Å². The number of nitrogens with zero attached hydrogens (tertiary/aromatic N) is 3. The summed E-state index contributed by atoms with van der Waals surface area (Å²) in [6, 6.07) is 7.83. The molecule has 5 heteroatoms.